The van der Waals surface area contributed by atoms with E-state index in [0.717, 1.165) is 5.69 Å². The number of benzene rings is 1. The molecule has 0 aliphatic carbocycles. The Balaban J connectivity index is 1.77. The Kier molecular flexibility index (Phi) is 6.71. The number of ether oxygens (including phenoxy) is 1. The largest absolute Gasteiger partial charge is 0.373 e. The van der Waals surface area contributed by atoms with Gasteiger partial charge < -0.3 is 10.1 Å². The van der Waals surface area contributed by atoms with Gasteiger partial charge in [0.05, 0.1) is 23.8 Å². The first-order valence-electron chi connectivity index (χ1n) is 7.38. The summed E-state index contributed by atoms with van der Waals surface area (Å²) < 4.78 is 32.3. The minimum Gasteiger partial charge on any atom is -0.373 e. The molecule has 1 aromatic carbocycles. The topological polar surface area (TPSA) is 92.7 Å². The van der Waals surface area contributed by atoms with Crippen molar-refractivity contribution in [3.05, 3.63) is 60.4 Å². The summed E-state index contributed by atoms with van der Waals surface area (Å²) in [5, 5.41) is 2.90. The number of aromatic nitrogens is 1. The molecule has 0 atom stereocenters. The van der Waals surface area contributed by atoms with E-state index in [2.05, 4.69) is 20.0 Å². The maximum Gasteiger partial charge on any atom is 0.264 e. The Labute approximate surface area is 141 Å². The monoisotopic (exact) mass is 348 g/mol. The summed E-state index contributed by atoms with van der Waals surface area (Å²) in [5.41, 5.74) is 0.840. The highest BCUT2D eigenvalue weighted by Crippen LogP contribution is 2.06. The van der Waals surface area contributed by atoms with Gasteiger partial charge in [-0.1, -0.05) is 24.3 Å². The lowest BCUT2D eigenvalue weighted by Gasteiger charge is -2.12. The van der Waals surface area contributed by atoms with E-state index >= 15 is 0 Å². The van der Waals surface area contributed by atoms with Gasteiger partial charge in [-0.15, -0.1) is 0 Å². The van der Waals surface area contributed by atoms with E-state index in [0.29, 0.717) is 19.8 Å². The van der Waals surface area contributed by atoms with Crippen LogP contribution in [0.1, 0.15) is 5.69 Å². The Bertz CT molecular complexity index is 749. The van der Waals surface area contributed by atoms with Crippen molar-refractivity contribution in [2.75, 3.05) is 20.2 Å². The van der Waals surface area contributed by atoms with Gasteiger partial charge in [-0.2, -0.15) is 0 Å². The van der Waals surface area contributed by atoms with Crippen LogP contribution in [0, 0.1) is 0 Å². The predicted molar refractivity (Wildman–Crippen MR) is 92.0 cm³/mol. The highest BCUT2D eigenvalue weighted by atomic mass is 32.2. The first-order chi connectivity index (χ1) is 11.6. The van der Waals surface area contributed by atoms with Crippen molar-refractivity contribution in [3.63, 3.8) is 0 Å². The molecular formula is C16H20N4O3S. The van der Waals surface area contributed by atoms with Gasteiger partial charge in [0.2, 0.25) is 5.96 Å². The fourth-order valence-corrected chi connectivity index (χ4v) is 2.90. The SMILES string of the molecule is CN=C(NCCOCc1ccccn1)NS(=O)(=O)c1ccccc1. The van der Waals surface area contributed by atoms with E-state index < -0.39 is 10.0 Å². The van der Waals surface area contributed by atoms with E-state index in [4.69, 9.17) is 4.74 Å². The van der Waals surface area contributed by atoms with E-state index in [9.17, 15) is 8.42 Å². The summed E-state index contributed by atoms with van der Waals surface area (Å²) in [5.74, 6) is 0.167. The molecule has 24 heavy (non-hydrogen) atoms. The summed E-state index contributed by atoms with van der Waals surface area (Å²) >= 11 is 0. The first-order valence-corrected chi connectivity index (χ1v) is 8.86. The summed E-state index contributed by atoms with van der Waals surface area (Å²) in [6, 6.07) is 13.7. The second kappa shape index (κ2) is 8.99. The zero-order valence-electron chi connectivity index (χ0n) is 13.3. The van der Waals surface area contributed by atoms with Crippen LogP contribution in [0.4, 0.5) is 0 Å². The molecule has 8 heteroatoms. The molecule has 0 unspecified atom stereocenters. The van der Waals surface area contributed by atoms with Gasteiger partial charge in [-0.05, 0) is 24.3 Å². The quantitative estimate of drug-likeness (QED) is 0.445. The lowest BCUT2D eigenvalue weighted by molar-refractivity contribution is 0.123. The van der Waals surface area contributed by atoms with Crippen LogP contribution in [0.5, 0.6) is 0 Å². The minimum atomic E-state index is -3.65. The molecular weight excluding hydrogens is 328 g/mol. The van der Waals surface area contributed by atoms with Gasteiger partial charge in [-0.25, -0.2) is 13.1 Å². The summed E-state index contributed by atoms with van der Waals surface area (Å²) in [6.07, 6.45) is 1.71. The number of aliphatic imine (C=N–C) groups is 1. The molecule has 0 fully saturated rings. The van der Waals surface area contributed by atoms with Gasteiger partial charge in [0, 0.05) is 19.8 Å². The molecule has 7 nitrogen and oxygen atoms in total. The molecule has 1 aromatic heterocycles. The van der Waals surface area contributed by atoms with E-state index in [1.165, 1.54) is 19.2 Å². The average molecular weight is 348 g/mol. The van der Waals surface area contributed by atoms with Crippen molar-refractivity contribution in [2.45, 2.75) is 11.5 Å². The van der Waals surface area contributed by atoms with E-state index in [-0.39, 0.29) is 10.9 Å². The van der Waals surface area contributed by atoms with Crippen LogP contribution in [0.3, 0.4) is 0 Å². The molecule has 2 aromatic rings. The number of hydrogen-bond donors (Lipinski definition) is 2. The maximum absolute atomic E-state index is 12.2. The second-order valence-electron chi connectivity index (χ2n) is 4.79. The Morgan fingerprint density at radius 2 is 1.92 bits per heavy atom. The molecule has 0 saturated heterocycles. The van der Waals surface area contributed by atoms with Crippen LogP contribution in [0.2, 0.25) is 0 Å². The van der Waals surface area contributed by atoms with Gasteiger partial charge in [0.25, 0.3) is 10.0 Å². The van der Waals surface area contributed by atoms with Crippen LogP contribution in [-0.2, 0) is 21.4 Å². The molecule has 0 radical (unpaired) electrons. The third kappa shape index (κ3) is 5.64. The standard InChI is InChI=1S/C16H20N4O3S/c1-17-16(20-24(21,22)15-8-3-2-4-9-15)19-11-12-23-13-14-7-5-6-10-18-14/h2-10H,11-13H2,1H3,(H2,17,19,20). The fourth-order valence-electron chi connectivity index (χ4n) is 1.85. The third-order valence-corrected chi connectivity index (χ3v) is 4.38. The number of pyridine rings is 1. The molecule has 0 aliphatic rings. The number of hydrogen-bond acceptors (Lipinski definition) is 5. The molecule has 0 aliphatic heterocycles. The zero-order chi connectivity index (χ0) is 17.3. The van der Waals surface area contributed by atoms with Gasteiger partial charge in [-0.3, -0.25) is 9.98 Å². The van der Waals surface area contributed by atoms with Crippen molar-refractivity contribution < 1.29 is 13.2 Å². The number of guanidine groups is 1. The highest BCUT2D eigenvalue weighted by molar-refractivity contribution is 7.90. The second-order valence-corrected chi connectivity index (χ2v) is 6.47. The van der Waals surface area contributed by atoms with Crippen LogP contribution in [0.25, 0.3) is 0 Å². The van der Waals surface area contributed by atoms with Crippen LogP contribution in [-0.4, -0.2) is 39.6 Å². The predicted octanol–water partition coefficient (Wildman–Crippen LogP) is 1.15. The van der Waals surface area contributed by atoms with Crippen molar-refractivity contribution in [1.29, 1.82) is 0 Å². The Morgan fingerprint density at radius 1 is 1.17 bits per heavy atom. The van der Waals surface area contributed by atoms with Crippen LogP contribution < -0.4 is 10.0 Å². The summed E-state index contributed by atoms with van der Waals surface area (Å²) in [7, 11) is -2.15. The lowest BCUT2D eigenvalue weighted by Crippen LogP contribution is -2.42. The normalized spacial score (nSPS) is 12.0. The van der Waals surface area contributed by atoms with Crippen molar-refractivity contribution in [2.24, 2.45) is 4.99 Å². The summed E-state index contributed by atoms with van der Waals surface area (Å²) in [6.45, 7) is 1.20. The van der Waals surface area contributed by atoms with E-state index in [1.54, 1.807) is 24.4 Å². The van der Waals surface area contributed by atoms with Crippen LogP contribution in [0.15, 0.2) is 64.6 Å². The van der Waals surface area contributed by atoms with E-state index in [1.807, 2.05) is 18.2 Å². The zero-order valence-corrected chi connectivity index (χ0v) is 14.2. The van der Waals surface area contributed by atoms with Crippen LogP contribution >= 0.6 is 0 Å². The first kappa shape index (κ1) is 17.9. The number of nitrogens with one attached hydrogen (secondary N) is 2. The number of nitrogens with zero attached hydrogens (tertiary/aromatic N) is 2. The Hall–Kier alpha value is -2.45. The molecule has 0 amide bonds. The molecule has 0 saturated carbocycles. The molecule has 0 bridgehead atoms. The third-order valence-electron chi connectivity index (χ3n) is 3.02. The smallest absolute Gasteiger partial charge is 0.264 e. The summed E-state index contributed by atoms with van der Waals surface area (Å²) in [4.78, 5) is 8.23. The van der Waals surface area contributed by atoms with Crippen molar-refractivity contribution >= 4 is 16.0 Å². The number of rotatable bonds is 7. The highest BCUT2D eigenvalue weighted by Gasteiger charge is 2.15. The molecule has 2 N–H and O–H groups in total. The molecule has 1 heterocycles. The minimum absolute atomic E-state index is 0.167. The maximum atomic E-state index is 12.2. The lowest BCUT2D eigenvalue weighted by atomic mass is 10.4. The van der Waals surface area contributed by atoms with Gasteiger partial charge in [0.15, 0.2) is 0 Å². The molecule has 128 valence electrons. The van der Waals surface area contributed by atoms with Crippen molar-refractivity contribution in [1.82, 2.24) is 15.0 Å². The fraction of sp³-hybridized carbons (Fsp3) is 0.250. The Morgan fingerprint density at radius 3 is 2.58 bits per heavy atom. The molecule has 0 spiro atoms. The van der Waals surface area contributed by atoms with Gasteiger partial charge in [0.1, 0.15) is 0 Å². The number of sulfonamides is 1. The molecule has 2 rings (SSSR count). The van der Waals surface area contributed by atoms with Gasteiger partial charge >= 0.3 is 0 Å². The van der Waals surface area contributed by atoms with Crippen molar-refractivity contribution in [3.8, 4) is 0 Å². The average Bonchev–Trinajstić information content (AvgIpc) is 2.62.